The molecule has 6 heteroatoms. The number of methoxy groups -OCH3 is 1. The minimum Gasteiger partial charge on any atom is -0.382 e. The van der Waals surface area contributed by atoms with Crippen molar-refractivity contribution in [3.8, 4) is 0 Å². The highest BCUT2D eigenvalue weighted by atomic mass is 32.1. The summed E-state index contributed by atoms with van der Waals surface area (Å²) in [5.74, 6) is -0.276. The van der Waals surface area contributed by atoms with E-state index in [1.807, 2.05) is 4.57 Å². The number of nitrogens with zero attached hydrogens (tertiary/aromatic N) is 1. The van der Waals surface area contributed by atoms with Crippen molar-refractivity contribution >= 4 is 23.3 Å². The number of aromatic nitrogens is 2. The second-order valence-electron chi connectivity index (χ2n) is 3.85. The molecule has 0 unspecified atom stereocenters. The first-order chi connectivity index (χ1) is 8.72. The van der Waals surface area contributed by atoms with Gasteiger partial charge in [0.1, 0.15) is 5.82 Å². The van der Waals surface area contributed by atoms with E-state index in [0.717, 1.165) is 5.52 Å². The average molecular weight is 270 g/mol. The van der Waals surface area contributed by atoms with E-state index < -0.39 is 0 Å². The Balaban J connectivity index is 2.08. The number of H-pyrrole nitrogens is 1. The molecule has 0 saturated heterocycles. The molecular weight excluding hydrogens is 255 g/mol. The second kappa shape index (κ2) is 6.08. The third-order valence-corrected chi connectivity index (χ3v) is 2.95. The zero-order valence-electron chi connectivity index (χ0n) is 10.1. The van der Waals surface area contributed by atoms with Crippen molar-refractivity contribution in [2.24, 2.45) is 0 Å². The number of halogens is 1. The lowest BCUT2D eigenvalue weighted by molar-refractivity contribution is 0.0668. The molecule has 1 N–H and O–H groups in total. The van der Waals surface area contributed by atoms with Crippen molar-refractivity contribution in [3.63, 3.8) is 0 Å². The third-order valence-electron chi connectivity index (χ3n) is 2.63. The van der Waals surface area contributed by atoms with Crippen molar-refractivity contribution in [1.82, 2.24) is 9.55 Å². The van der Waals surface area contributed by atoms with Crippen LogP contribution in [0.15, 0.2) is 18.2 Å². The first-order valence-corrected chi connectivity index (χ1v) is 6.08. The number of hydrogen-bond donors (Lipinski definition) is 1. The van der Waals surface area contributed by atoms with Gasteiger partial charge in [-0.25, -0.2) is 4.39 Å². The monoisotopic (exact) mass is 270 g/mol. The number of rotatable bonds is 6. The molecule has 1 heterocycles. The van der Waals surface area contributed by atoms with Crippen molar-refractivity contribution in [3.05, 3.63) is 28.8 Å². The maximum atomic E-state index is 13.1. The molecule has 2 rings (SSSR count). The molecule has 1 aromatic carbocycles. The lowest BCUT2D eigenvalue weighted by Crippen LogP contribution is -2.09. The summed E-state index contributed by atoms with van der Waals surface area (Å²) in [6.07, 6.45) is 0. The zero-order chi connectivity index (χ0) is 13.0. The molecule has 0 spiro atoms. The van der Waals surface area contributed by atoms with Crippen molar-refractivity contribution in [2.45, 2.75) is 6.54 Å². The van der Waals surface area contributed by atoms with Crippen LogP contribution in [-0.2, 0) is 16.0 Å². The molecule has 2 aromatic rings. The van der Waals surface area contributed by atoms with Crippen LogP contribution in [0.4, 0.5) is 4.39 Å². The molecule has 18 heavy (non-hydrogen) atoms. The van der Waals surface area contributed by atoms with Crippen LogP contribution < -0.4 is 0 Å². The minimum absolute atomic E-state index is 0.276. The number of benzene rings is 1. The molecule has 1 aromatic heterocycles. The Labute approximate surface area is 109 Å². The van der Waals surface area contributed by atoms with E-state index in [9.17, 15) is 4.39 Å². The predicted octanol–water partition coefficient (Wildman–Crippen LogP) is 2.50. The van der Waals surface area contributed by atoms with Crippen LogP contribution >= 0.6 is 12.2 Å². The van der Waals surface area contributed by atoms with Gasteiger partial charge in [0.25, 0.3) is 0 Å². The van der Waals surface area contributed by atoms with Gasteiger partial charge in [-0.15, -0.1) is 0 Å². The van der Waals surface area contributed by atoms with Crippen LogP contribution in [0, 0.1) is 10.6 Å². The SMILES string of the molecule is COCCOCCn1c(=S)[nH]c2cc(F)ccc21. The molecule has 0 aliphatic rings. The molecule has 0 aliphatic carbocycles. The maximum Gasteiger partial charge on any atom is 0.178 e. The summed E-state index contributed by atoms with van der Waals surface area (Å²) in [6, 6.07) is 4.58. The number of ether oxygens (including phenoxy) is 2. The van der Waals surface area contributed by atoms with Crippen LogP contribution in [0.3, 0.4) is 0 Å². The molecule has 0 saturated carbocycles. The van der Waals surface area contributed by atoms with Gasteiger partial charge in [0.05, 0.1) is 30.9 Å². The summed E-state index contributed by atoms with van der Waals surface area (Å²) in [7, 11) is 1.63. The Morgan fingerprint density at radius 1 is 1.33 bits per heavy atom. The summed E-state index contributed by atoms with van der Waals surface area (Å²) in [6.45, 7) is 2.31. The molecule has 0 fully saturated rings. The molecule has 0 bridgehead atoms. The van der Waals surface area contributed by atoms with E-state index in [2.05, 4.69) is 4.98 Å². The third kappa shape index (κ3) is 2.95. The number of nitrogens with one attached hydrogen (secondary N) is 1. The lowest BCUT2D eigenvalue weighted by Gasteiger charge is -2.05. The molecule has 0 amide bonds. The topological polar surface area (TPSA) is 39.2 Å². The normalized spacial score (nSPS) is 11.2. The van der Waals surface area contributed by atoms with Crippen molar-refractivity contribution in [1.29, 1.82) is 0 Å². The molecule has 0 aliphatic heterocycles. The predicted molar refractivity (Wildman–Crippen MR) is 69.8 cm³/mol. The first kappa shape index (κ1) is 13.2. The Morgan fingerprint density at radius 3 is 2.94 bits per heavy atom. The number of aromatic amines is 1. The smallest absolute Gasteiger partial charge is 0.178 e. The molecule has 0 radical (unpaired) electrons. The van der Waals surface area contributed by atoms with Crippen LogP contribution in [0.5, 0.6) is 0 Å². The van der Waals surface area contributed by atoms with E-state index in [1.54, 1.807) is 13.2 Å². The number of hydrogen-bond acceptors (Lipinski definition) is 3. The van der Waals surface area contributed by atoms with Crippen LogP contribution in [0.25, 0.3) is 11.0 Å². The Morgan fingerprint density at radius 2 is 2.17 bits per heavy atom. The van der Waals surface area contributed by atoms with Gasteiger partial charge in [-0.2, -0.15) is 0 Å². The van der Waals surface area contributed by atoms with E-state index >= 15 is 0 Å². The molecule has 0 atom stereocenters. The number of imidazole rings is 1. The summed E-state index contributed by atoms with van der Waals surface area (Å²) < 4.78 is 25.8. The first-order valence-electron chi connectivity index (χ1n) is 5.67. The van der Waals surface area contributed by atoms with E-state index in [-0.39, 0.29) is 5.82 Å². The maximum absolute atomic E-state index is 13.1. The number of fused-ring (bicyclic) bond motifs is 1. The summed E-state index contributed by atoms with van der Waals surface area (Å²) in [5, 5.41) is 0. The van der Waals surface area contributed by atoms with Crippen LogP contribution in [0.1, 0.15) is 0 Å². The zero-order valence-corrected chi connectivity index (χ0v) is 10.9. The van der Waals surface area contributed by atoms with Gasteiger partial charge in [0.2, 0.25) is 0 Å². The summed E-state index contributed by atoms with van der Waals surface area (Å²) >= 11 is 5.20. The largest absolute Gasteiger partial charge is 0.382 e. The fourth-order valence-corrected chi connectivity index (χ4v) is 2.06. The van der Waals surface area contributed by atoms with Gasteiger partial charge >= 0.3 is 0 Å². The van der Waals surface area contributed by atoms with Crippen molar-refractivity contribution in [2.75, 3.05) is 26.9 Å². The van der Waals surface area contributed by atoms with Gasteiger partial charge in [0, 0.05) is 13.7 Å². The van der Waals surface area contributed by atoms with Gasteiger partial charge in [-0.3, -0.25) is 0 Å². The Bertz CT molecular complexity index is 579. The Kier molecular flexibility index (Phi) is 4.46. The minimum atomic E-state index is -0.276. The van der Waals surface area contributed by atoms with Gasteiger partial charge < -0.3 is 19.0 Å². The molecular formula is C12H15FN2O2S. The average Bonchev–Trinajstić information content (AvgIpc) is 2.64. The quantitative estimate of drug-likeness (QED) is 0.647. The Hall–Kier alpha value is -1.24. The van der Waals surface area contributed by atoms with Crippen LogP contribution in [-0.4, -0.2) is 36.5 Å². The highest BCUT2D eigenvalue weighted by molar-refractivity contribution is 7.71. The van der Waals surface area contributed by atoms with E-state index in [0.29, 0.717) is 36.7 Å². The highest BCUT2D eigenvalue weighted by Gasteiger charge is 2.04. The van der Waals surface area contributed by atoms with Gasteiger partial charge in [-0.05, 0) is 30.4 Å². The van der Waals surface area contributed by atoms with E-state index in [1.165, 1.54) is 12.1 Å². The molecule has 4 nitrogen and oxygen atoms in total. The fourth-order valence-electron chi connectivity index (χ4n) is 1.76. The van der Waals surface area contributed by atoms with E-state index in [4.69, 9.17) is 21.7 Å². The lowest BCUT2D eigenvalue weighted by atomic mass is 10.3. The van der Waals surface area contributed by atoms with Gasteiger partial charge in [0.15, 0.2) is 4.77 Å². The summed E-state index contributed by atoms with van der Waals surface area (Å²) in [4.78, 5) is 2.98. The fraction of sp³-hybridized carbons (Fsp3) is 0.417. The standard InChI is InChI=1S/C12H15FN2O2S/c1-16-6-7-17-5-4-15-11-3-2-9(13)8-10(11)14-12(15)18/h2-3,8H,4-7H2,1H3,(H,14,18). The van der Waals surface area contributed by atoms with Gasteiger partial charge in [-0.1, -0.05) is 0 Å². The highest BCUT2D eigenvalue weighted by Crippen LogP contribution is 2.15. The molecule has 98 valence electrons. The van der Waals surface area contributed by atoms with Crippen LogP contribution in [0.2, 0.25) is 0 Å². The van der Waals surface area contributed by atoms with Crippen molar-refractivity contribution < 1.29 is 13.9 Å². The summed E-state index contributed by atoms with van der Waals surface area (Å²) in [5.41, 5.74) is 1.59. The second-order valence-corrected chi connectivity index (χ2v) is 4.24.